The summed E-state index contributed by atoms with van der Waals surface area (Å²) < 4.78 is 4.78. The summed E-state index contributed by atoms with van der Waals surface area (Å²) in [5.74, 6) is 0.526. The van der Waals surface area contributed by atoms with Crippen LogP contribution in [0.3, 0.4) is 0 Å². The van der Waals surface area contributed by atoms with Crippen LogP contribution in [0, 0.1) is 5.92 Å². The van der Waals surface area contributed by atoms with Crippen molar-refractivity contribution in [2.45, 2.75) is 19.3 Å². The fraction of sp³-hybridized carbons (Fsp3) is 0.857. The molecule has 0 spiro atoms. The fourth-order valence-electron chi connectivity index (χ4n) is 0.789. The average molecular weight is 143 g/mol. The third-order valence-corrected chi connectivity index (χ3v) is 1.53. The zero-order valence-corrected chi connectivity index (χ0v) is 6.01. The van der Waals surface area contributed by atoms with E-state index in [1.807, 2.05) is 0 Å². The van der Waals surface area contributed by atoms with E-state index in [2.05, 4.69) is 0 Å². The molecule has 1 saturated carbocycles. The van der Waals surface area contributed by atoms with Crippen LogP contribution in [0.4, 0.5) is 0 Å². The second-order valence-electron chi connectivity index (χ2n) is 2.66. The molecule has 0 bridgehead atoms. The molecule has 10 heavy (non-hydrogen) atoms. The summed E-state index contributed by atoms with van der Waals surface area (Å²) in [4.78, 5) is 10.8. The van der Waals surface area contributed by atoms with Crippen molar-refractivity contribution in [2.24, 2.45) is 11.7 Å². The maximum atomic E-state index is 10.8. The SMILES string of the molecule is NCCOC(=O)CC1CC1. The molecule has 0 unspecified atom stereocenters. The standard InChI is InChI=1S/C7H13NO2/c8-3-4-10-7(9)5-6-1-2-6/h6H,1-5,8H2. The number of carbonyl (C=O) groups is 1. The van der Waals surface area contributed by atoms with Gasteiger partial charge >= 0.3 is 5.97 Å². The van der Waals surface area contributed by atoms with Gasteiger partial charge in [0.1, 0.15) is 6.61 Å². The normalized spacial score (nSPS) is 16.9. The molecule has 1 aliphatic carbocycles. The van der Waals surface area contributed by atoms with Gasteiger partial charge in [-0.15, -0.1) is 0 Å². The van der Waals surface area contributed by atoms with E-state index in [9.17, 15) is 4.79 Å². The first kappa shape index (κ1) is 7.54. The van der Waals surface area contributed by atoms with Gasteiger partial charge in [-0.3, -0.25) is 4.79 Å². The number of carbonyl (C=O) groups excluding carboxylic acids is 1. The molecule has 0 heterocycles. The Balaban J connectivity index is 1.97. The quantitative estimate of drug-likeness (QED) is 0.575. The molecule has 0 radical (unpaired) electrons. The van der Waals surface area contributed by atoms with E-state index in [1.165, 1.54) is 12.8 Å². The number of rotatable bonds is 4. The van der Waals surface area contributed by atoms with Crippen LogP contribution in [0.2, 0.25) is 0 Å². The Kier molecular flexibility index (Phi) is 2.68. The van der Waals surface area contributed by atoms with Crippen LogP contribution in [0.15, 0.2) is 0 Å². The minimum Gasteiger partial charge on any atom is -0.464 e. The highest BCUT2D eigenvalue weighted by atomic mass is 16.5. The molecule has 0 saturated heterocycles. The van der Waals surface area contributed by atoms with E-state index in [0.717, 1.165) is 0 Å². The van der Waals surface area contributed by atoms with Crippen LogP contribution in [0.1, 0.15) is 19.3 Å². The molecule has 1 fully saturated rings. The van der Waals surface area contributed by atoms with Crippen molar-refractivity contribution >= 4 is 5.97 Å². The summed E-state index contributed by atoms with van der Waals surface area (Å²) in [5, 5.41) is 0. The Morgan fingerprint density at radius 3 is 2.80 bits per heavy atom. The average Bonchev–Trinajstić information content (AvgIpc) is 2.67. The number of nitrogens with two attached hydrogens (primary N) is 1. The Bertz CT molecular complexity index is 121. The first-order chi connectivity index (χ1) is 4.83. The van der Waals surface area contributed by atoms with E-state index in [0.29, 0.717) is 25.5 Å². The van der Waals surface area contributed by atoms with E-state index in [4.69, 9.17) is 10.5 Å². The van der Waals surface area contributed by atoms with Crippen molar-refractivity contribution in [3.63, 3.8) is 0 Å². The molecular formula is C7H13NO2. The van der Waals surface area contributed by atoms with Gasteiger partial charge in [-0.2, -0.15) is 0 Å². The van der Waals surface area contributed by atoms with Crippen molar-refractivity contribution in [3.05, 3.63) is 0 Å². The van der Waals surface area contributed by atoms with Gasteiger partial charge in [0.25, 0.3) is 0 Å². The highest BCUT2D eigenvalue weighted by Gasteiger charge is 2.24. The van der Waals surface area contributed by atoms with E-state index in [1.54, 1.807) is 0 Å². The molecule has 0 atom stereocenters. The monoisotopic (exact) mass is 143 g/mol. The predicted molar refractivity (Wildman–Crippen MR) is 37.4 cm³/mol. The van der Waals surface area contributed by atoms with Crippen LogP contribution in [0.5, 0.6) is 0 Å². The predicted octanol–water partition coefficient (Wildman–Crippen LogP) is 0.288. The lowest BCUT2D eigenvalue weighted by Gasteiger charge is -1.99. The summed E-state index contributed by atoms with van der Waals surface area (Å²) in [6.07, 6.45) is 2.98. The number of hydrogen-bond donors (Lipinski definition) is 1. The van der Waals surface area contributed by atoms with Gasteiger partial charge in [-0.25, -0.2) is 0 Å². The van der Waals surface area contributed by atoms with E-state index < -0.39 is 0 Å². The van der Waals surface area contributed by atoms with Crippen molar-refractivity contribution in [1.29, 1.82) is 0 Å². The topological polar surface area (TPSA) is 52.3 Å². The summed E-state index contributed by atoms with van der Waals surface area (Å²) in [5.41, 5.74) is 5.15. The third kappa shape index (κ3) is 2.82. The maximum absolute atomic E-state index is 10.8. The molecule has 0 aliphatic heterocycles. The largest absolute Gasteiger partial charge is 0.464 e. The molecule has 0 aromatic carbocycles. The number of hydrogen-bond acceptors (Lipinski definition) is 3. The first-order valence-electron chi connectivity index (χ1n) is 3.68. The molecule has 3 nitrogen and oxygen atoms in total. The van der Waals surface area contributed by atoms with Crippen molar-refractivity contribution in [2.75, 3.05) is 13.2 Å². The molecule has 1 aliphatic rings. The highest BCUT2D eigenvalue weighted by molar-refractivity contribution is 5.69. The Morgan fingerprint density at radius 1 is 1.60 bits per heavy atom. The molecule has 2 N–H and O–H groups in total. The second-order valence-corrected chi connectivity index (χ2v) is 2.66. The molecule has 0 aromatic heterocycles. The first-order valence-corrected chi connectivity index (χ1v) is 3.68. The summed E-state index contributed by atoms with van der Waals surface area (Å²) >= 11 is 0. The molecule has 0 amide bonds. The van der Waals surface area contributed by atoms with Crippen LogP contribution in [0.25, 0.3) is 0 Å². The molecule has 1 rings (SSSR count). The lowest BCUT2D eigenvalue weighted by atomic mass is 10.3. The van der Waals surface area contributed by atoms with Crippen molar-refractivity contribution < 1.29 is 9.53 Å². The zero-order chi connectivity index (χ0) is 7.40. The molecular weight excluding hydrogens is 130 g/mol. The minimum absolute atomic E-state index is 0.0899. The van der Waals surface area contributed by atoms with Crippen LogP contribution in [-0.4, -0.2) is 19.1 Å². The molecule has 58 valence electrons. The third-order valence-electron chi connectivity index (χ3n) is 1.53. The summed E-state index contributed by atoms with van der Waals surface area (Å²) in [7, 11) is 0. The number of esters is 1. The van der Waals surface area contributed by atoms with Gasteiger partial charge in [0.2, 0.25) is 0 Å². The van der Waals surface area contributed by atoms with Crippen LogP contribution in [-0.2, 0) is 9.53 Å². The second kappa shape index (κ2) is 3.56. The molecule has 0 aromatic rings. The Hall–Kier alpha value is -0.570. The maximum Gasteiger partial charge on any atom is 0.306 e. The van der Waals surface area contributed by atoms with Gasteiger partial charge in [0.15, 0.2) is 0 Å². The highest BCUT2D eigenvalue weighted by Crippen LogP contribution is 2.32. The smallest absolute Gasteiger partial charge is 0.306 e. The summed E-state index contributed by atoms with van der Waals surface area (Å²) in [6.45, 7) is 0.794. The Morgan fingerprint density at radius 2 is 2.30 bits per heavy atom. The van der Waals surface area contributed by atoms with Gasteiger partial charge in [-0.1, -0.05) is 0 Å². The van der Waals surface area contributed by atoms with Gasteiger partial charge < -0.3 is 10.5 Å². The van der Waals surface area contributed by atoms with E-state index >= 15 is 0 Å². The van der Waals surface area contributed by atoms with Gasteiger partial charge in [0, 0.05) is 13.0 Å². The fourth-order valence-corrected chi connectivity index (χ4v) is 0.789. The van der Waals surface area contributed by atoms with Crippen LogP contribution >= 0.6 is 0 Å². The number of ether oxygens (including phenoxy) is 1. The minimum atomic E-state index is -0.0899. The lowest BCUT2D eigenvalue weighted by Crippen LogP contribution is -2.13. The van der Waals surface area contributed by atoms with Gasteiger partial charge in [-0.05, 0) is 18.8 Å². The van der Waals surface area contributed by atoms with E-state index in [-0.39, 0.29) is 5.97 Å². The van der Waals surface area contributed by atoms with Gasteiger partial charge in [0.05, 0.1) is 0 Å². The van der Waals surface area contributed by atoms with Crippen molar-refractivity contribution in [1.82, 2.24) is 0 Å². The summed E-state index contributed by atoms with van der Waals surface area (Å²) in [6, 6.07) is 0. The zero-order valence-electron chi connectivity index (χ0n) is 6.01. The van der Waals surface area contributed by atoms with Crippen LogP contribution < -0.4 is 5.73 Å². The van der Waals surface area contributed by atoms with Crippen molar-refractivity contribution in [3.8, 4) is 0 Å². The lowest BCUT2D eigenvalue weighted by molar-refractivity contribution is -0.143. The molecule has 3 heteroatoms. The Labute approximate surface area is 60.5 Å².